The van der Waals surface area contributed by atoms with Crippen molar-refractivity contribution in [1.82, 2.24) is 15.5 Å². The predicted octanol–water partition coefficient (Wildman–Crippen LogP) is 5.04. The highest BCUT2D eigenvalue weighted by atomic mass is 19.1. The van der Waals surface area contributed by atoms with E-state index < -0.39 is 0 Å². The van der Waals surface area contributed by atoms with E-state index in [0.717, 1.165) is 32.2 Å². The summed E-state index contributed by atoms with van der Waals surface area (Å²) < 4.78 is 25.2. The van der Waals surface area contributed by atoms with Gasteiger partial charge in [0.05, 0.1) is 12.6 Å². The van der Waals surface area contributed by atoms with Gasteiger partial charge in [0.25, 0.3) is 0 Å². The van der Waals surface area contributed by atoms with Gasteiger partial charge in [0.1, 0.15) is 0 Å². The van der Waals surface area contributed by atoms with Crippen molar-refractivity contribution in [2.75, 3.05) is 13.2 Å². The first-order valence-electron chi connectivity index (χ1n) is 9.77. The molecule has 26 heavy (non-hydrogen) atoms. The maximum Gasteiger partial charge on any atom is 0.244 e. The van der Waals surface area contributed by atoms with Gasteiger partial charge in [-0.2, -0.15) is 4.98 Å². The Morgan fingerprint density at radius 2 is 2.08 bits per heavy atom. The molecule has 5 nitrogen and oxygen atoms in total. The van der Waals surface area contributed by atoms with E-state index in [4.69, 9.17) is 9.26 Å². The Bertz CT molecular complexity index is 683. The van der Waals surface area contributed by atoms with Crippen LogP contribution in [-0.4, -0.2) is 23.3 Å². The molecule has 1 saturated heterocycles. The van der Waals surface area contributed by atoms with Crippen molar-refractivity contribution in [2.45, 2.75) is 64.3 Å². The number of rotatable bonds is 10. The van der Waals surface area contributed by atoms with Crippen LogP contribution in [-0.2, 0) is 0 Å². The van der Waals surface area contributed by atoms with Gasteiger partial charge < -0.3 is 14.6 Å². The summed E-state index contributed by atoms with van der Waals surface area (Å²) in [6.45, 7) is 3.71. The van der Waals surface area contributed by atoms with Crippen molar-refractivity contribution < 1.29 is 13.7 Å². The summed E-state index contributed by atoms with van der Waals surface area (Å²) in [5, 5.41) is 7.29. The molecule has 1 aromatic heterocycles. The zero-order valence-corrected chi connectivity index (χ0v) is 15.5. The van der Waals surface area contributed by atoms with Crippen LogP contribution in [0.25, 0.3) is 11.4 Å². The molecule has 3 rings (SSSR count). The first kappa shape index (κ1) is 18.8. The third kappa shape index (κ3) is 5.04. The lowest BCUT2D eigenvalue weighted by molar-refractivity contribution is 0.290. The Balaban J connectivity index is 1.51. The molecule has 1 unspecified atom stereocenters. The van der Waals surface area contributed by atoms with Gasteiger partial charge in [-0.25, -0.2) is 4.39 Å². The second-order valence-electron chi connectivity index (χ2n) is 6.87. The van der Waals surface area contributed by atoms with E-state index in [-0.39, 0.29) is 17.6 Å². The fourth-order valence-corrected chi connectivity index (χ4v) is 3.21. The third-order valence-electron chi connectivity index (χ3n) is 4.75. The van der Waals surface area contributed by atoms with E-state index in [0.29, 0.717) is 23.9 Å². The van der Waals surface area contributed by atoms with Crippen LogP contribution in [0, 0.1) is 5.82 Å². The SMILES string of the molecule is CCCCCCCCOc1ccc(-c2noc(C3CCCN3)n2)cc1F. The van der Waals surface area contributed by atoms with Crippen LogP contribution < -0.4 is 10.1 Å². The Hall–Kier alpha value is -1.95. The fourth-order valence-electron chi connectivity index (χ4n) is 3.21. The van der Waals surface area contributed by atoms with Crippen LogP contribution in [0.3, 0.4) is 0 Å². The Morgan fingerprint density at radius 3 is 2.85 bits per heavy atom. The van der Waals surface area contributed by atoms with Crippen molar-refractivity contribution in [3.63, 3.8) is 0 Å². The number of unbranched alkanes of at least 4 members (excludes halogenated alkanes) is 5. The highest BCUT2D eigenvalue weighted by molar-refractivity contribution is 5.56. The normalized spacial score (nSPS) is 16.9. The molecule has 1 aliphatic rings. The molecule has 1 atom stereocenters. The second-order valence-corrected chi connectivity index (χ2v) is 6.87. The summed E-state index contributed by atoms with van der Waals surface area (Å²) in [7, 11) is 0. The molecule has 0 saturated carbocycles. The van der Waals surface area contributed by atoms with Crippen LogP contribution >= 0.6 is 0 Å². The number of aromatic nitrogens is 2. The predicted molar refractivity (Wildman–Crippen MR) is 98.5 cm³/mol. The molecule has 0 bridgehead atoms. The van der Waals surface area contributed by atoms with E-state index in [1.165, 1.54) is 31.7 Å². The van der Waals surface area contributed by atoms with E-state index in [9.17, 15) is 4.39 Å². The van der Waals surface area contributed by atoms with Gasteiger partial charge in [0.15, 0.2) is 11.6 Å². The third-order valence-corrected chi connectivity index (χ3v) is 4.75. The zero-order chi connectivity index (χ0) is 18.2. The van der Waals surface area contributed by atoms with Crippen LogP contribution in [0.15, 0.2) is 22.7 Å². The molecule has 0 amide bonds. The largest absolute Gasteiger partial charge is 0.491 e. The van der Waals surface area contributed by atoms with Gasteiger partial charge in [0, 0.05) is 5.56 Å². The quantitative estimate of drug-likeness (QED) is 0.601. The molecular weight excluding hydrogens is 333 g/mol. The minimum Gasteiger partial charge on any atom is -0.491 e. The van der Waals surface area contributed by atoms with Crippen molar-refractivity contribution in [3.05, 3.63) is 29.9 Å². The van der Waals surface area contributed by atoms with Gasteiger partial charge in [-0.15, -0.1) is 0 Å². The van der Waals surface area contributed by atoms with Gasteiger partial charge in [-0.05, 0) is 44.0 Å². The lowest BCUT2D eigenvalue weighted by Gasteiger charge is -2.08. The molecule has 142 valence electrons. The second kappa shape index (κ2) is 9.67. The maximum absolute atomic E-state index is 14.3. The summed E-state index contributed by atoms with van der Waals surface area (Å²) in [4.78, 5) is 4.40. The number of ether oxygens (including phenoxy) is 1. The van der Waals surface area contributed by atoms with Gasteiger partial charge in [-0.3, -0.25) is 0 Å². The number of nitrogens with one attached hydrogen (secondary N) is 1. The van der Waals surface area contributed by atoms with Crippen molar-refractivity contribution in [2.24, 2.45) is 0 Å². The average Bonchev–Trinajstić information content (AvgIpc) is 3.33. The van der Waals surface area contributed by atoms with E-state index in [1.54, 1.807) is 12.1 Å². The monoisotopic (exact) mass is 361 g/mol. The minimum atomic E-state index is -0.390. The Labute approximate surface area is 154 Å². The Morgan fingerprint density at radius 1 is 1.23 bits per heavy atom. The topological polar surface area (TPSA) is 60.2 Å². The first-order chi connectivity index (χ1) is 12.8. The highest BCUT2D eigenvalue weighted by Gasteiger charge is 2.23. The van der Waals surface area contributed by atoms with Crippen molar-refractivity contribution >= 4 is 0 Å². The molecule has 1 aliphatic heterocycles. The molecule has 0 aliphatic carbocycles. The zero-order valence-electron chi connectivity index (χ0n) is 15.5. The molecule has 1 N–H and O–H groups in total. The Kier molecular flexibility index (Phi) is 7.00. The van der Waals surface area contributed by atoms with E-state index in [1.807, 2.05) is 0 Å². The maximum atomic E-state index is 14.3. The van der Waals surface area contributed by atoms with Crippen LogP contribution in [0.2, 0.25) is 0 Å². The summed E-state index contributed by atoms with van der Waals surface area (Å²) in [5.74, 6) is 0.874. The van der Waals surface area contributed by atoms with Gasteiger partial charge in [0.2, 0.25) is 11.7 Å². The lowest BCUT2D eigenvalue weighted by atomic mass is 10.1. The molecule has 2 heterocycles. The number of halogens is 1. The first-order valence-corrected chi connectivity index (χ1v) is 9.77. The standard InChI is InChI=1S/C20H28FN3O2/c1-2-3-4-5-6-7-13-25-18-11-10-15(14-16(18)21)19-23-20(26-24-19)17-9-8-12-22-17/h10-11,14,17,22H,2-9,12-13H2,1H3. The fraction of sp³-hybridized carbons (Fsp3) is 0.600. The van der Waals surface area contributed by atoms with Gasteiger partial charge >= 0.3 is 0 Å². The highest BCUT2D eigenvalue weighted by Crippen LogP contribution is 2.27. The number of hydrogen-bond acceptors (Lipinski definition) is 5. The van der Waals surface area contributed by atoms with E-state index in [2.05, 4.69) is 22.4 Å². The summed E-state index contributed by atoms with van der Waals surface area (Å²) in [6.07, 6.45) is 9.17. The van der Waals surface area contributed by atoms with Crippen molar-refractivity contribution in [3.8, 4) is 17.1 Å². The minimum absolute atomic E-state index is 0.112. The molecular formula is C20H28FN3O2. The van der Waals surface area contributed by atoms with Crippen LogP contribution in [0.5, 0.6) is 5.75 Å². The number of nitrogens with zero attached hydrogens (tertiary/aromatic N) is 2. The molecule has 2 aromatic rings. The molecule has 1 fully saturated rings. The molecule has 0 radical (unpaired) electrons. The molecule has 6 heteroatoms. The average molecular weight is 361 g/mol. The van der Waals surface area contributed by atoms with E-state index >= 15 is 0 Å². The summed E-state index contributed by atoms with van der Waals surface area (Å²) in [6, 6.07) is 4.94. The van der Waals surface area contributed by atoms with Crippen LogP contribution in [0.1, 0.15) is 70.2 Å². The van der Waals surface area contributed by atoms with Crippen molar-refractivity contribution in [1.29, 1.82) is 0 Å². The molecule has 1 aromatic carbocycles. The smallest absolute Gasteiger partial charge is 0.244 e. The number of hydrogen-bond donors (Lipinski definition) is 1. The van der Waals surface area contributed by atoms with Gasteiger partial charge in [-0.1, -0.05) is 44.2 Å². The lowest BCUT2D eigenvalue weighted by Crippen LogP contribution is -2.12. The summed E-state index contributed by atoms with van der Waals surface area (Å²) in [5.41, 5.74) is 0.599. The number of benzene rings is 1. The van der Waals surface area contributed by atoms with Crippen LogP contribution in [0.4, 0.5) is 4.39 Å². The summed E-state index contributed by atoms with van der Waals surface area (Å²) >= 11 is 0. The molecule has 0 spiro atoms.